The highest BCUT2D eigenvalue weighted by atomic mass is 35.5. The van der Waals surface area contributed by atoms with Gasteiger partial charge >= 0.3 is 0 Å². The van der Waals surface area contributed by atoms with Crippen LogP contribution in [0.3, 0.4) is 0 Å². The number of carbonyl (C=O) groups is 1. The molecule has 1 amide bonds. The van der Waals surface area contributed by atoms with Gasteiger partial charge in [0.25, 0.3) is 5.91 Å². The van der Waals surface area contributed by atoms with Crippen LogP contribution in [-0.4, -0.2) is 34.2 Å². The van der Waals surface area contributed by atoms with Gasteiger partial charge in [0.15, 0.2) is 0 Å². The average Bonchev–Trinajstić information content (AvgIpc) is 2.64. The van der Waals surface area contributed by atoms with E-state index in [0.717, 1.165) is 17.8 Å². The maximum Gasteiger partial charge on any atom is 0.282 e. The summed E-state index contributed by atoms with van der Waals surface area (Å²) in [6.45, 7) is 2.77. The van der Waals surface area contributed by atoms with Crippen LogP contribution in [0, 0.1) is 0 Å². The second-order valence-corrected chi connectivity index (χ2v) is 5.79. The fraction of sp³-hybridized carbons (Fsp3) is 0.625. The number of hydrogen-bond donors (Lipinski definition) is 1. The summed E-state index contributed by atoms with van der Waals surface area (Å²) in [6, 6.07) is 0. The third kappa shape index (κ3) is 4.36. The maximum atomic E-state index is 11.5. The molecule has 0 aliphatic heterocycles. The summed E-state index contributed by atoms with van der Waals surface area (Å²) in [4.78, 5) is 11.5. The molecule has 1 unspecified atom stereocenters. The Hall–Kier alpha value is -0.330. The fourth-order valence-corrected chi connectivity index (χ4v) is 1.98. The molecule has 1 atom stereocenters. The molecule has 1 heterocycles. The zero-order valence-electron chi connectivity index (χ0n) is 8.49. The van der Waals surface area contributed by atoms with Gasteiger partial charge in [-0.1, -0.05) is 18.3 Å². The summed E-state index contributed by atoms with van der Waals surface area (Å²) in [5.41, 5.74) is 0. The predicted octanol–water partition coefficient (Wildman–Crippen LogP) is 2.06. The van der Waals surface area contributed by atoms with Gasteiger partial charge in [-0.2, -0.15) is 11.8 Å². The number of nitrogens with zero attached hydrogens (tertiary/aromatic N) is 2. The molecular weight excluding hydrogens is 254 g/mol. The van der Waals surface area contributed by atoms with Crippen LogP contribution in [0.5, 0.6) is 0 Å². The summed E-state index contributed by atoms with van der Waals surface area (Å²) in [5, 5.41) is 10.9. The number of aromatic nitrogens is 2. The van der Waals surface area contributed by atoms with E-state index in [0.29, 0.717) is 16.8 Å². The van der Waals surface area contributed by atoms with Crippen LogP contribution in [0.2, 0.25) is 4.47 Å². The van der Waals surface area contributed by atoms with Crippen molar-refractivity contribution in [1.82, 2.24) is 15.5 Å². The summed E-state index contributed by atoms with van der Waals surface area (Å²) in [6.07, 6.45) is 3.00. The molecule has 1 aromatic heterocycles. The van der Waals surface area contributed by atoms with Crippen molar-refractivity contribution >= 4 is 40.6 Å². The summed E-state index contributed by atoms with van der Waals surface area (Å²) in [7, 11) is 0. The second-order valence-electron chi connectivity index (χ2n) is 2.95. The van der Waals surface area contributed by atoms with Crippen LogP contribution in [0.15, 0.2) is 0 Å². The molecule has 1 aromatic rings. The lowest BCUT2D eigenvalue weighted by Crippen LogP contribution is -2.25. The molecule has 7 heteroatoms. The molecular formula is C8H12ClN3OS2. The Morgan fingerprint density at radius 3 is 2.93 bits per heavy atom. The van der Waals surface area contributed by atoms with Crippen LogP contribution in [0.25, 0.3) is 0 Å². The smallest absolute Gasteiger partial charge is 0.282 e. The average molecular weight is 266 g/mol. The minimum Gasteiger partial charge on any atom is -0.350 e. The first-order chi connectivity index (χ1) is 7.13. The number of hydrogen-bond acceptors (Lipinski definition) is 5. The van der Waals surface area contributed by atoms with E-state index in [2.05, 4.69) is 28.7 Å². The Morgan fingerprint density at radius 2 is 2.40 bits per heavy atom. The first-order valence-electron chi connectivity index (χ1n) is 4.43. The van der Waals surface area contributed by atoms with E-state index in [9.17, 15) is 4.79 Å². The quantitative estimate of drug-likeness (QED) is 0.886. The number of thioether (sulfide) groups is 1. The van der Waals surface area contributed by atoms with E-state index in [1.807, 2.05) is 0 Å². The first kappa shape index (κ1) is 12.7. The minimum absolute atomic E-state index is 0.201. The van der Waals surface area contributed by atoms with Gasteiger partial charge in [0.05, 0.1) is 0 Å². The molecule has 0 aromatic carbocycles. The minimum atomic E-state index is -0.201. The number of carbonyl (C=O) groups excluding carboxylic acids is 1. The topological polar surface area (TPSA) is 54.9 Å². The molecule has 0 spiro atoms. The van der Waals surface area contributed by atoms with Crippen molar-refractivity contribution in [3.8, 4) is 0 Å². The lowest BCUT2D eigenvalue weighted by atomic mass is 10.3. The Bertz CT molecular complexity index is 331. The number of rotatable bonds is 5. The zero-order chi connectivity index (χ0) is 11.3. The lowest BCUT2D eigenvalue weighted by molar-refractivity contribution is 0.0952. The highest BCUT2D eigenvalue weighted by Gasteiger charge is 2.11. The van der Waals surface area contributed by atoms with Crippen molar-refractivity contribution in [1.29, 1.82) is 0 Å². The van der Waals surface area contributed by atoms with Crippen molar-refractivity contribution < 1.29 is 4.79 Å². The maximum absolute atomic E-state index is 11.5. The summed E-state index contributed by atoms with van der Waals surface area (Å²) in [5.74, 6) is -0.201. The third-order valence-corrected chi connectivity index (χ3v) is 3.89. The highest BCUT2D eigenvalue weighted by molar-refractivity contribution is 7.99. The van der Waals surface area contributed by atoms with Crippen LogP contribution in [0.1, 0.15) is 23.1 Å². The number of nitrogens with one attached hydrogen (secondary N) is 1. The van der Waals surface area contributed by atoms with E-state index < -0.39 is 0 Å². The largest absolute Gasteiger partial charge is 0.350 e. The number of amides is 1. The molecule has 1 N–H and O–H groups in total. The number of halogens is 1. The molecule has 0 saturated carbocycles. The van der Waals surface area contributed by atoms with E-state index in [1.165, 1.54) is 0 Å². The highest BCUT2D eigenvalue weighted by Crippen LogP contribution is 2.14. The van der Waals surface area contributed by atoms with Gasteiger partial charge in [-0.05, 0) is 24.3 Å². The van der Waals surface area contributed by atoms with Crippen molar-refractivity contribution in [3.63, 3.8) is 0 Å². The fourth-order valence-electron chi connectivity index (χ4n) is 0.880. The Morgan fingerprint density at radius 1 is 1.67 bits per heavy atom. The molecule has 0 radical (unpaired) electrons. The standard InChI is InChI=1S/C8H12ClN3OS2/c1-5(14-2)3-4-10-6(13)7-11-12-8(9)15-7/h5H,3-4H2,1-2H3,(H,10,13). The summed E-state index contributed by atoms with van der Waals surface area (Å²) < 4.78 is 0.289. The molecule has 0 fully saturated rings. The second kappa shape index (κ2) is 6.30. The molecule has 15 heavy (non-hydrogen) atoms. The van der Waals surface area contributed by atoms with Crippen molar-refractivity contribution in [2.24, 2.45) is 0 Å². The Labute approximate surface area is 102 Å². The van der Waals surface area contributed by atoms with Gasteiger partial charge in [0, 0.05) is 11.8 Å². The first-order valence-corrected chi connectivity index (χ1v) is 6.91. The molecule has 0 bridgehead atoms. The van der Waals surface area contributed by atoms with Gasteiger partial charge < -0.3 is 5.32 Å². The molecule has 1 rings (SSSR count). The van der Waals surface area contributed by atoms with Crippen LogP contribution >= 0.6 is 34.7 Å². The van der Waals surface area contributed by atoms with Gasteiger partial charge in [-0.15, -0.1) is 10.2 Å². The monoisotopic (exact) mass is 265 g/mol. The van der Waals surface area contributed by atoms with Crippen molar-refractivity contribution in [2.75, 3.05) is 12.8 Å². The van der Waals surface area contributed by atoms with Gasteiger partial charge in [0.1, 0.15) is 0 Å². The Kier molecular flexibility index (Phi) is 5.35. The molecule has 84 valence electrons. The Balaban J connectivity index is 2.31. The molecule has 0 saturated heterocycles. The van der Waals surface area contributed by atoms with Gasteiger partial charge in [0.2, 0.25) is 9.47 Å². The molecule has 4 nitrogen and oxygen atoms in total. The SMILES string of the molecule is CSC(C)CCNC(=O)c1nnc(Cl)s1. The lowest BCUT2D eigenvalue weighted by Gasteiger charge is -2.07. The summed E-state index contributed by atoms with van der Waals surface area (Å²) >= 11 is 8.44. The van der Waals surface area contributed by atoms with E-state index in [1.54, 1.807) is 11.8 Å². The normalized spacial score (nSPS) is 12.5. The van der Waals surface area contributed by atoms with E-state index in [-0.39, 0.29) is 10.4 Å². The van der Waals surface area contributed by atoms with E-state index >= 15 is 0 Å². The van der Waals surface area contributed by atoms with Crippen LogP contribution < -0.4 is 5.32 Å². The van der Waals surface area contributed by atoms with Gasteiger partial charge in [-0.25, -0.2) is 0 Å². The van der Waals surface area contributed by atoms with Gasteiger partial charge in [-0.3, -0.25) is 4.79 Å². The van der Waals surface area contributed by atoms with Crippen LogP contribution in [-0.2, 0) is 0 Å². The van der Waals surface area contributed by atoms with E-state index in [4.69, 9.17) is 11.6 Å². The third-order valence-electron chi connectivity index (χ3n) is 1.83. The molecule has 0 aliphatic carbocycles. The van der Waals surface area contributed by atoms with Crippen molar-refractivity contribution in [2.45, 2.75) is 18.6 Å². The zero-order valence-corrected chi connectivity index (χ0v) is 10.9. The van der Waals surface area contributed by atoms with Crippen molar-refractivity contribution in [3.05, 3.63) is 9.47 Å². The molecule has 0 aliphatic rings. The van der Waals surface area contributed by atoms with Crippen LogP contribution in [0.4, 0.5) is 0 Å². The predicted molar refractivity (Wildman–Crippen MR) is 64.8 cm³/mol.